The van der Waals surface area contributed by atoms with E-state index in [2.05, 4.69) is 4.90 Å². The molecule has 0 unspecified atom stereocenters. The minimum atomic E-state index is -3.55. The average molecular weight is 307 g/mol. The van der Waals surface area contributed by atoms with Crippen LogP contribution in [0.1, 0.15) is 35.2 Å². The summed E-state index contributed by atoms with van der Waals surface area (Å²) in [5, 5.41) is 9.19. The summed E-state index contributed by atoms with van der Waals surface area (Å²) in [5.74, 6) is -1.10. The van der Waals surface area contributed by atoms with Crippen molar-refractivity contribution in [1.82, 2.24) is 4.90 Å². The fourth-order valence-electron chi connectivity index (χ4n) is 2.96. The van der Waals surface area contributed by atoms with Gasteiger partial charge in [0, 0.05) is 12.1 Å². The average Bonchev–Trinajstić information content (AvgIpc) is 2.71. The van der Waals surface area contributed by atoms with Gasteiger partial charge in [0.1, 0.15) is 0 Å². The summed E-state index contributed by atoms with van der Waals surface area (Å²) in [4.78, 5) is 13.8. The van der Waals surface area contributed by atoms with Crippen LogP contribution in [0.3, 0.4) is 0 Å². The highest BCUT2D eigenvalue weighted by molar-refractivity contribution is 7.95. The van der Waals surface area contributed by atoms with Crippen molar-refractivity contribution in [3.05, 3.63) is 34.2 Å². The number of sulfone groups is 1. The zero-order valence-corrected chi connectivity index (χ0v) is 12.4. The van der Waals surface area contributed by atoms with Gasteiger partial charge in [-0.05, 0) is 44.1 Å². The number of piperidine rings is 1. The Labute approximate surface area is 123 Å². The lowest BCUT2D eigenvalue weighted by Crippen LogP contribution is -2.32. The summed E-state index contributed by atoms with van der Waals surface area (Å²) >= 11 is 0. The Hall–Kier alpha value is -1.66. The minimum absolute atomic E-state index is 0.0460. The number of carboxylic acids is 1. The summed E-state index contributed by atoms with van der Waals surface area (Å²) in [7, 11) is -3.55. The molecule has 2 heterocycles. The number of nitrogens with zero attached hydrogens (tertiary/aromatic N) is 1. The minimum Gasteiger partial charge on any atom is -0.478 e. The van der Waals surface area contributed by atoms with Crippen LogP contribution >= 0.6 is 0 Å². The molecule has 5 nitrogen and oxygen atoms in total. The van der Waals surface area contributed by atoms with E-state index in [-0.39, 0.29) is 10.5 Å². The number of rotatable bonds is 3. The van der Waals surface area contributed by atoms with Crippen molar-refractivity contribution >= 4 is 21.9 Å². The van der Waals surface area contributed by atoms with Gasteiger partial charge in [0.15, 0.2) is 0 Å². The Morgan fingerprint density at radius 2 is 1.90 bits per heavy atom. The monoisotopic (exact) mass is 307 g/mol. The van der Waals surface area contributed by atoms with E-state index in [1.807, 2.05) is 0 Å². The van der Waals surface area contributed by atoms with E-state index in [0.29, 0.717) is 17.0 Å². The highest BCUT2D eigenvalue weighted by Gasteiger charge is 2.33. The molecule has 0 aromatic heterocycles. The second-order valence-corrected chi connectivity index (χ2v) is 7.44. The van der Waals surface area contributed by atoms with Crippen LogP contribution in [0.4, 0.5) is 0 Å². The van der Waals surface area contributed by atoms with Crippen molar-refractivity contribution in [3.8, 4) is 0 Å². The number of likely N-dealkylation sites (tertiary alicyclic amines) is 1. The van der Waals surface area contributed by atoms with E-state index in [0.717, 1.165) is 25.9 Å². The van der Waals surface area contributed by atoms with Gasteiger partial charge in [-0.3, -0.25) is 4.90 Å². The van der Waals surface area contributed by atoms with Crippen LogP contribution in [-0.2, 0) is 9.84 Å². The van der Waals surface area contributed by atoms with Crippen molar-refractivity contribution in [3.63, 3.8) is 0 Å². The topological polar surface area (TPSA) is 74.7 Å². The molecule has 0 spiro atoms. The molecule has 21 heavy (non-hydrogen) atoms. The Bertz CT molecular complexity index is 715. The van der Waals surface area contributed by atoms with E-state index in [9.17, 15) is 18.3 Å². The number of carbonyl (C=O) groups is 1. The molecule has 2 aliphatic rings. The van der Waals surface area contributed by atoms with Crippen molar-refractivity contribution in [2.45, 2.75) is 24.2 Å². The van der Waals surface area contributed by atoms with Crippen LogP contribution in [0, 0.1) is 0 Å². The predicted molar refractivity (Wildman–Crippen MR) is 78.9 cm³/mol. The zero-order valence-electron chi connectivity index (χ0n) is 11.6. The van der Waals surface area contributed by atoms with Crippen LogP contribution in [0.5, 0.6) is 0 Å². The normalized spacial score (nSPS) is 20.9. The molecular weight excluding hydrogens is 290 g/mol. The summed E-state index contributed by atoms with van der Waals surface area (Å²) in [6.07, 6.45) is 4.88. The molecule has 112 valence electrons. The third-order valence-corrected chi connectivity index (χ3v) is 5.94. The van der Waals surface area contributed by atoms with Crippen molar-refractivity contribution in [2.24, 2.45) is 0 Å². The van der Waals surface area contributed by atoms with Crippen LogP contribution in [0.15, 0.2) is 28.0 Å². The number of hydrogen-bond acceptors (Lipinski definition) is 4. The molecule has 1 fully saturated rings. The summed E-state index contributed by atoms with van der Waals surface area (Å²) in [6, 6.07) is 4.41. The molecule has 0 atom stereocenters. The number of benzene rings is 1. The highest BCUT2D eigenvalue weighted by Crippen LogP contribution is 2.35. The molecule has 1 aromatic rings. The van der Waals surface area contributed by atoms with Gasteiger partial charge in [0.05, 0.1) is 15.4 Å². The smallest absolute Gasteiger partial charge is 0.336 e. The third kappa shape index (κ3) is 2.49. The fourth-order valence-corrected chi connectivity index (χ4v) is 4.59. The Morgan fingerprint density at radius 1 is 1.19 bits per heavy atom. The van der Waals surface area contributed by atoms with Crippen molar-refractivity contribution in [2.75, 3.05) is 19.6 Å². The Morgan fingerprint density at radius 3 is 2.57 bits per heavy atom. The van der Waals surface area contributed by atoms with Gasteiger partial charge < -0.3 is 5.11 Å². The van der Waals surface area contributed by atoms with E-state index in [1.165, 1.54) is 30.7 Å². The maximum Gasteiger partial charge on any atom is 0.336 e. The first-order valence-electron chi connectivity index (χ1n) is 7.04. The van der Waals surface area contributed by atoms with Crippen LogP contribution < -0.4 is 0 Å². The fraction of sp³-hybridized carbons (Fsp3) is 0.400. The molecule has 1 aromatic carbocycles. The van der Waals surface area contributed by atoms with Crippen molar-refractivity contribution < 1.29 is 18.3 Å². The number of aromatic carboxylic acids is 1. The number of carboxylic acid groups (broad SMARTS) is 1. The Balaban J connectivity index is 1.97. The molecule has 0 bridgehead atoms. The van der Waals surface area contributed by atoms with Gasteiger partial charge in [-0.2, -0.15) is 0 Å². The molecule has 2 aliphatic heterocycles. The summed E-state index contributed by atoms with van der Waals surface area (Å²) in [5.41, 5.74) is 0.363. The van der Waals surface area contributed by atoms with Crippen molar-refractivity contribution in [1.29, 1.82) is 0 Å². The molecule has 0 saturated carbocycles. The first kappa shape index (κ1) is 14.3. The second-order valence-electron chi connectivity index (χ2n) is 5.47. The zero-order chi connectivity index (χ0) is 15.0. The maximum atomic E-state index is 12.5. The molecule has 0 radical (unpaired) electrons. The molecular formula is C15H17NO4S. The van der Waals surface area contributed by atoms with Gasteiger partial charge in [-0.1, -0.05) is 12.5 Å². The van der Waals surface area contributed by atoms with E-state index in [1.54, 1.807) is 0 Å². The van der Waals surface area contributed by atoms with Crippen LogP contribution in [0.2, 0.25) is 0 Å². The maximum absolute atomic E-state index is 12.5. The SMILES string of the molecule is O=C(O)c1cccc2c1C=C(CN1CCCCC1)S2(=O)=O. The molecule has 3 rings (SSSR count). The molecule has 6 heteroatoms. The lowest BCUT2D eigenvalue weighted by Gasteiger charge is -2.26. The predicted octanol–water partition coefficient (Wildman–Crippen LogP) is 2.00. The summed E-state index contributed by atoms with van der Waals surface area (Å²) in [6.45, 7) is 2.17. The van der Waals surface area contributed by atoms with Gasteiger partial charge in [-0.15, -0.1) is 0 Å². The van der Waals surface area contributed by atoms with Gasteiger partial charge in [0.2, 0.25) is 9.84 Å². The molecule has 0 amide bonds. The quantitative estimate of drug-likeness (QED) is 0.924. The van der Waals surface area contributed by atoms with E-state index < -0.39 is 15.8 Å². The lowest BCUT2D eigenvalue weighted by molar-refractivity contribution is 0.0696. The van der Waals surface area contributed by atoms with Crippen LogP contribution in [0.25, 0.3) is 6.08 Å². The Kier molecular flexibility index (Phi) is 3.59. The van der Waals surface area contributed by atoms with Crippen LogP contribution in [-0.4, -0.2) is 44.0 Å². The van der Waals surface area contributed by atoms with Gasteiger partial charge >= 0.3 is 5.97 Å². The number of fused-ring (bicyclic) bond motifs is 1. The first-order valence-corrected chi connectivity index (χ1v) is 8.53. The highest BCUT2D eigenvalue weighted by atomic mass is 32.2. The molecule has 1 N–H and O–H groups in total. The van der Waals surface area contributed by atoms with Gasteiger partial charge in [0.25, 0.3) is 0 Å². The summed E-state index contributed by atoms with van der Waals surface area (Å²) < 4.78 is 25.1. The lowest BCUT2D eigenvalue weighted by atomic mass is 10.1. The molecule has 0 aliphatic carbocycles. The van der Waals surface area contributed by atoms with E-state index >= 15 is 0 Å². The van der Waals surface area contributed by atoms with Gasteiger partial charge in [-0.25, -0.2) is 13.2 Å². The first-order chi connectivity index (χ1) is 10.00. The largest absolute Gasteiger partial charge is 0.478 e. The third-order valence-electron chi connectivity index (χ3n) is 4.06. The molecule has 1 saturated heterocycles. The standard InChI is InChI=1S/C15H17NO4S/c17-15(18)12-5-4-6-14-13(12)9-11(21(14,19)20)10-16-7-2-1-3-8-16/h4-6,9H,1-3,7-8,10H2,(H,17,18). The second kappa shape index (κ2) is 5.27. The van der Waals surface area contributed by atoms with E-state index in [4.69, 9.17) is 0 Å². The number of hydrogen-bond donors (Lipinski definition) is 1.